The van der Waals surface area contributed by atoms with Crippen LogP contribution in [-0.4, -0.2) is 10.1 Å². The van der Waals surface area contributed by atoms with Crippen molar-refractivity contribution in [3.8, 4) is 0 Å². The number of aliphatic hydroxyl groups is 1. The summed E-state index contributed by atoms with van der Waals surface area (Å²) in [7, 11) is 0. The fourth-order valence-electron chi connectivity index (χ4n) is 1.55. The molecule has 1 unspecified atom stereocenters. The fourth-order valence-corrected chi connectivity index (χ4v) is 2.68. The van der Waals surface area contributed by atoms with Crippen molar-refractivity contribution in [2.75, 3.05) is 0 Å². The van der Waals surface area contributed by atoms with Crippen LogP contribution < -0.4 is 0 Å². The van der Waals surface area contributed by atoms with Crippen LogP contribution in [0.5, 0.6) is 0 Å². The molecular formula is C12H12BrNOS. The minimum absolute atomic E-state index is 0.458. The van der Waals surface area contributed by atoms with Gasteiger partial charge in [-0.1, -0.05) is 0 Å². The number of hydrogen-bond donors (Lipinski definition) is 1. The Balaban J connectivity index is 2.10. The number of rotatable bonds is 3. The van der Waals surface area contributed by atoms with Crippen LogP contribution in [-0.2, 0) is 6.42 Å². The summed E-state index contributed by atoms with van der Waals surface area (Å²) in [6.45, 7) is 2.02. The summed E-state index contributed by atoms with van der Waals surface area (Å²) < 4.78 is 0.956. The summed E-state index contributed by atoms with van der Waals surface area (Å²) in [5.41, 5.74) is 3.06. The van der Waals surface area contributed by atoms with Crippen molar-refractivity contribution < 1.29 is 5.11 Å². The molecule has 0 amide bonds. The van der Waals surface area contributed by atoms with Gasteiger partial charge in [-0.05, 0) is 56.9 Å². The molecule has 1 N–H and O–H groups in total. The first-order valence-corrected chi connectivity index (χ1v) is 6.71. The van der Waals surface area contributed by atoms with Gasteiger partial charge < -0.3 is 5.11 Å². The Bertz CT molecular complexity index is 466. The first-order chi connectivity index (χ1) is 7.66. The molecule has 0 aliphatic heterocycles. The monoisotopic (exact) mass is 297 g/mol. The molecule has 84 valence electrons. The van der Waals surface area contributed by atoms with Gasteiger partial charge in [-0.25, -0.2) is 0 Å². The van der Waals surface area contributed by atoms with Gasteiger partial charge in [-0.2, -0.15) is 11.3 Å². The van der Waals surface area contributed by atoms with E-state index in [4.69, 9.17) is 0 Å². The third-order valence-corrected chi connectivity index (χ3v) is 3.79. The van der Waals surface area contributed by atoms with Crippen molar-refractivity contribution in [3.63, 3.8) is 0 Å². The molecule has 2 rings (SSSR count). The van der Waals surface area contributed by atoms with Crippen LogP contribution in [0.3, 0.4) is 0 Å². The molecule has 4 heteroatoms. The van der Waals surface area contributed by atoms with Gasteiger partial charge in [0.05, 0.1) is 6.10 Å². The van der Waals surface area contributed by atoms with E-state index in [-0.39, 0.29) is 0 Å². The smallest absolute Gasteiger partial charge is 0.0856 e. The van der Waals surface area contributed by atoms with Crippen molar-refractivity contribution in [1.29, 1.82) is 0 Å². The van der Waals surface area contributed by atoms with E-state index < -0.39 is 6.10 Å². The molecule has 2 aromatic rings. The Hall–Kier alpha value is -0.710. The average Bonchev–Trinajstić information content (AvgIpc) is 2.68. The van der Waals surface area contributed by atoms with Crippen LogP contribution >= 0.6 is 27.3 Å². The van der Waals surface area contributed by atoms with Gasteiger partial charge in [0.15, 0.2) is 0 Å². The first-order valence-electron chi connectivity index (χ1n) is 4.98. The van der Waals surface area contributed by atoms with Crippen molar-refractivity contribution >= 4 is 27.3 Å². The molecule has 0 aromatic carbocycles. The highest BCUT2D eigenvalue weighted by molar-refractivity contribution is 9.10. The maximum absolute atomic E-state index is 10.1. The molecule has 1 atom stereocenters. The van der Waals surface area contributed by atoms with E-state index in [9.17, 15) is 5.11 Å². The van der Waals surface area contributed by atoms with Gasteiger partial charge in [-0.15, -0.1) is 0 Å². The molecule has 0 saturated heterocycles. The second-order valence-electron chi connectivity index (χ2n) is 3.70. The minimum Gasteiger partial charge on any atom is -0.388 e. The highest BCUT2D eigenvalue weighted by Crippen LogP contribution is 2.24. The summed E-state index contributed by atoms with van der Waals surface area (Å²) >= 11 is 4.96. The molecule has 0 fully saturated rings. The zero-order chi connectivity index (χ0) is 11.5. The number of aliphatic hydroxyl groups excluding tert-OH is 1. The molecule has 0 bridgehead atoms. The zero-order valence-corrected chi connectivity index (χ0v) is 11.3. The fraction of sp³-hybridized carbons (Fsp3) is 0.250. The van der Waals surface area contributed by atoms with E-state index in [1.165, 1.54) is 0 Å². The van der Waals surface area contributed by atoms with Crippen LogP contribution in [0.1, 0.15) is 22.9 Å². The van der Waals surface area contributed by atoms with E-state index in [1.807, 2.05) is 29.8 Å². The number of halogens is 1. The lowest BCUT2D eigenvalue weighted by atomic mass is 10.0. The van der Waals surface area contributed by atoms with Crippen molar-refractivity contribution in [3.05, 3.63) is 50.4 Å². The van der Waals surface area contributed by atoms with Crippen molar-refractivity contribution in [2.24, 2.45) is 0 Å². The van der Waals surface area contributed by atoms with Crippen LogP contribution in [0.25, 0.3) is 0 Å². The van der Waals surface area contributed by atoms with Crippen molar-refractivity contribution in [2.45, 2.75) is 19.4 Å². The summed E-state index contributed by atoms with van der Waals surface area (Å²) in [6.07, 6.45) is 1.85. The predicted molar refractivity (Wildman–Crippen MR) is 69.7 cm³/mol. The lowest BCUT2D eigenvalue weighted by Gasteiger charge is -2.09. The Morgan fingerprint density at radius 2 is 2.25 bits per heavy atom. The highest BCUT2D eigenvalue weighted by Gasteiger charge is 2.12. The molecule has 0 saturated carbocycles. The van der Waals surface area contributed by atoms with Gasteiger partial charge in [0, 0.05) is 22.8 Å². The largest absolute Gasteiger partial charge is 0.388 e. The van der Waals surface area contributed by atoms with E-state index in [1.54, 1.807) is 17.5 Å². The maximum atomic E-state index is 10.1. The number of nitrogens with zero attached hydrogens (tertiary/aromatic N) is 1. The first kappa shape index (κ1) is 11.8. The van der Waals surface area contributed by atoms with E-state index in [0.717, 1.165) is 21.3 Å². The minimum atomic E-state index is -0.458. The van der Waals surface area contributed by atoms with Crippen LogP contribution in [0.2, 0.25) is 0 Å². The van der Waals surface area contributed by atoms with Crippen LogP contribution in [0.15, 0.2) is 33.6 Å². The molecule has 2 nitrogen and oxygen atoms in total. The Morgan fingerprint density at radius 1 is 1.44 bits per heavy atom. The number of aromatic nitrogens is 1. The zero-order valence-electron chi connectivity index (χ0n) is 8.85. The predicted octanol–water partition coefficient (Wildman–Crippen LogP) is 3.49. The number of aryl methyl sites for hydroxylation is 1. The van der Waals surface area contributed by atoms with Gasteiger partial charge in [0.25, 0.3) is 0 Å². The van der Waals surface area contributed by atoms with Gasteiger partial charge in [-0.3, -0.25) is 4.98 Å². The topological polar surface area (TPSA) is 33.1 Å². The van der Waals surface area contributed by atoms with E-state index in [2.05, 4.69) is 20.9 Å². The Morgan fingerprint density at radius 3 is 2.81 bits per heavy atom. The molecule has 16 heavy (non-hydrogen) atoms. The molecule has 0 spiro atoms. The molecule has 0 aliphatic rings. The van der Waals surface area contributed by atoms with Gasteiger partial charge in [0.1, 0.15) is 0 Å². The standard InChI is InChI=1S/C12H12BrNOS/c1-8-6-16-7-11(8)12(15)4-10-3-2-9(13)5-14-10/h2-3,5-7,12,15H,4H2,1H3. The summed E-state index contributed by atoms with van der Waals surface area (Å²) in [4.78, 5) is 4.25. The number of hydrogen-bond acceptors (Lipinski definition) is 3. The van der Waals surface area contributed by atoms with E-state index in [0.29, 0.717) is 6.42 Å². The van der Waals surface area contributed by atoms with Crippen molar-refractivity contribution in [1.82, 2.24) is 4.98 Å². The van der Waals surface area contributed by atoms with Gasteiger partial charge in [0.2, 0.25) is 0 Å². The highest BCUT2D eigenvalue weighted by atomic mass is 79.9. The SMILES string of the molecule is Cc1cscc1C(O)Cc1ccc(Br)cn1. The molecule has 0 aliphatic carbocycles. The summed E-state index contributed by atoms with van der Waals surface area (Å²) in [5, 5.41) is 14.1. The third-order valence-electron chi connectivity index (χ3n) is 2.45. The van der Waals surface area contributed by atoms with Crippen LogP contribution in [0.4, 0.5) is 0 Å². The molecular weight excluding hydrogens is 286 g/mol. The van der Waals surface area contributed by atoms with Crippen LogP contribution in [0, 0.1) is 6.92 Å². The lowest BCUT2D eigenvalue weighted by molar-refractivity contribution is 0.177. The molecule has 2 aromatic heterocycles. The quantitative estimate of drug-likeness (QED) is 0.941. The van der Waals surface area contributed by atoms with Gasteiger partial charge >= 0.3 is 0 Å². The average molecular weight is 298 g/mol. The second-order valence-corrected chi connectivity index (χ2v) is 5.36. The summed E-state index contributed by atoms with van der Waals surface area (Å²) in [6, 6.07) is 3.87. The Kier molecular flexibility index (Phi) is 3.74. The maximum Gasteiger partial charge on any atom is 0.0856 e. The lowest BCUT2D eigenvalue weighted by Crippen LogP contribution is -2.03. The molecule has 0 radical (unpaired) electrons. The molecule has 2 heterocycles. The normalized spacial score (nSPS) is 12.7. The Labute approximate surface area is 107 Å². The number of pyridine rings is 1. The number of thiophene rings is 1. The second kappa shape index (κ2) is 5.08. The third kappa shape index (κ3) is 2.70. The summed E-state index contributed by atoms with van der Waals surface area (Å²) in [5.74, 6) is 0. The van der Waals surface area contributed by atoms with E-state index >= 15 is 0 Å².